The molecule has 2 fully saturated rings. The van der Waals surface area contributed by atoms with Crippen molar-refractivity contribution in [3.63, 3.8) is 0 Å². The van der Waals surface area contributed by atoms with E-state index in [4.69, 9.17) is 0 Å². The van der Waals surface area contributed by atoms with Gasteiger partial charge in [-0.3, -0.25) is 14.5 Å². The van der Waals surface area contributed by atoms with Gasteiger partial charge >= 0.3 is 0 Å². The highest BCUT2D eigenvalue weighted by atomic mass is 127. The molecule has 0 spiro atoms. The first kappa shape index (κ1) is 16.7. The lowest BCUT2D eigenvalue weighted by molar-refractivity contribution is -0.123. The normalized spacial score (nSPS) is 19.3. The number of carbonyl (C=O) groups excluding carboxylic acids is 2. The van der Waals surface area contributed by atoms with E-state index in [-0.39, 0.29) is 23.8 Å². The third-order valence-corrected chi connectivity index (χ3v) is 5.10. The molecule has 124 valence electrons. The van der Waals surface area contributed by atoms with E-state index in [1.165, 1.54) is 0 Å². The zero-order chi connectivity index (χ0) is 16.2. The molecule has 3 rings (SSSR count). The number of amides is 2. The van der Waals surface area contributed by atoms with Crippen LogP contribution in [0.25, 0.3) is 0 Å². The topological polar surface area (TPSA) is 61.4 Å². The monoisotopic (exact) mass is 427 g/mol. The fourth-order valence-corrected chi connectivity index (χ4v) is 3.20. The molecule has 1 saturated carbocycles. The van der Waals surface area contributed by atoms with E-state index in [0.717, 1.165) is 48.0 Å². The SMILES string of the molecule is O=C(CN1CCC(NC(=O)C2CC2)CC1)Nc1ccc(I)cc1. The van der Waals surface area contributed by atoms with Crippen molar-refractivity contribution in [1.29, 1.82) is 0 Å². The van der Waals surface area contributed by atoms with Gasteiger partial charge in [-0.1, -0.05) is 0 Å². The van der Waals surface area contributed by atoms with Crippen LogP contribution >= 0.6 is 22.6 Å². The van der Waals surface area contributed by atoms with Gasteiger partial charge in [0.2, 0.25) is 11.8 Å². The first-order valence-corrected chi connectivity index (χ1v) is 9.26. The van der Waals surface area contributed by atoms with Crippen LogP contribution in [-0.4, -0.2) is 42.4 Å². The Labute approximate surface area is 150 Å². The van der Waals surface area contributed by atoms with Crippen LogP contribution < -0.4 is 10.6 Å². The number of carbonyl (C=O) groups is 2. The highest BCUT2D eigenvalue weighted by molar-refractivity contribution is 14.1. The quantitative estimate of drug-likeness (QED) is 0.709. The van der Waals surface area contributed by atoms with Crippen molar-refractivity contribution >= 4 is 40.1 Å². The maximum absolute atomic E-state index is 12.1. The molecule has 1 heterocycles. The predicted octanol–water partition coefficient (Wildman–Crippen LogP) is 2.22. The molecule has 0 atom stereocenters. The molecule has 1 aliphatic heterocycles. The van der Waals surface area contributed by atoms with Crippen molar-refractivity contribution in [2.24, 2.45) is 5.92 Å². The van der Waals surface area contributed by atoms with Crippen LogP contribution in [0, 0.1) is 9.49 Å². The molecule has 0 aromatic heterocycles. The Hall–Kier alpha value is -1.15. The average Bonchev–Trinajstić information content (AvgIpc) is 3.36. The molecular formula is C17H22IN3O2. The Morgan fingerprint density at radius 3 is 2.35 bits per heavy atom. The lowest BCUT2D eigenvalue weighted by Gasteiger charge is -2.31. The van der Waals surface area contributed by atoms with E-state index in [2.05, 4.69) is 38.1 Å². The summed E-state index contributed by atoms with van der Waals surface area (Å²) in [6.45, 7) is 2.13. The van der Waals surface area contributed by atoms with Crippen molar-refractivity contribution in [3.05, 3.63) is 27.8 Å². The van der Waals surface area contributed by atoms with Gasteiger partial charge < -0.3 is 10.6 Å². The zero-order valence-corrected chi connectivity index (χ0v) is 15.2. The molecule has 2 N–H and O–H groups in total. The summed E-state index contributed by atoms with van der Waals surface area (Å²) in [5, 5.41) is 6.06. The number of nitrogens with zero attached hydrogens (tertiary/aromatic N) is 1. The first-order chi connectivity index (χ1) is 11.1. The third kappa shape index (κ3) is 5.17. The molecule has 0 radical (unpaired) electrons. The van der Waals surface area contributed by atoms with Gasteiger partial charge in [0.1, 0.15) is 0 Å². The molecule has 2 aliphatic rings. The second-order valence-electron chi connectivity index (χ2n) is 6.39. The number of halogens is 1. The second-order valence-corrected chi connectivity index (χ2v) is 7.63. The Morgan fingerprint density at radius 1 is 1.09 bits per heavy atom. The molecule has 0 bridgehead atoms. The summed E-state index contributed by atoms with van der Waals surface area (Å²) < 4.78 is 1.15. The lowest BCUT2D eigenvalue weighted by Crippen LogP contribution is -2.46. The molecular weight excluding hydrogens is 405 g/mol. The minimum Gasteiger partial charge on any atom is -0.353 e. The number of nitrogens with one attached hydrogen (secondary N) is 2. The number of piperidine rings is 1. The highest BCUT2D eigenvalue weighted by Gasteiger charge is 2.31. The van der Waals surface area contributed by atoms with Crippen LogP contribution in [0.1, 0.15) is 25.7 Å². The number of hydrogen-bond donors (Lipinski definition) is 2. The summed E-state index contributed by atoms with van der Waals surface area (Å²) in [6.07, 6.45) is 3.94. The molecule has 0 unspecified atom stereocenters. The molecule has 5 nitrogen and oxygen atoms in total. The van der Waals surface area contributed by atoms with Gasteiger partial charge in [-0.2, -0.15) is 0 Å². The number of likely N-dealkylation sites (tertiary alicyclic amines) is 1. The molecule has 23 heavy (non-hydrogen) atoms. The second kappa shape index (κ2) is 7.61. The third-order valence-electron chi connectivity index (χ3n) is 4.38. The summed E-state index contributed by atoms with van der Waals surface area (Å²) in [5.41, 5.74) is 0.835. The Morgan fingerprint density at radius 2 is 1.74 bits per heavy atom. The molecule has 2 amide bonds. The standard InChI is InChI=1S/C17H22IN3O2/c18-13-3-5-14(6-4-13)19-16(22)11-21-9-7-15(8-10-21)20-17(23)12-1-2-12/h3-6,12,15H,1-2,7-11H2,(H,19,22)(H,20,23). The van der Waals surface area contributed by atoms with Crippen molar-refractivity contribution < 1.29 is 9.59 Å². The lowest BCUT2D eigenvalue weighted by atomic mass is 10.0. The number of benzene rings is 1. The highest BCUT2D eigenvalue weighted by Crippen LogP contribution is 2.29. The number of hydrogen-bond acceptors (Lipinski definition) is 3. The number of anilines is 1. The zero-order valence-electron chi connectivity index (χ0n) is 13.1. The van der Waals surface area contributed by atoms with E-state index < -0.39 is 0 Å². The van der Waals surface area contributed by atoms with Gasteiger partial charge in [0, 0.05) is 34.3 Å². The van der Waals surface area contributed by atoms with Gasteiger partial charge in [-0.15, -0.1) is 0 Å². The minimum absolute atomic E-state index is 0.0201. The van der Waals surface area contributed by atoms with Crippen molar-refractivity contribution in [1.82, 2.24) is 10.2 Å². The van der Waals surface area contributed by atoms with Crippen molar-refractivity contribution in [2.45, 2.75) is 31.7 Å². The summed E-state index contributed by atoms with van der Waals surface area (Å²) in [7, 11) is 0. The molecule has 1 aromatic rings. The molecule has 1 aromatic carbocycles. The van der Waals surface area contributed by atoms with Crippen LogP contribution in [-0.2, 0) is 9.59 Å². The largest absolute Gasteiger partial charge is 0.353 e. The van der Waals surface area contributed by atoms with Crippen LogP contribution in [0.4, 0.5) is 5.69 Å². The van der Waals surface area contributed by atoms with Gasteiger partial charge in [0.25, 0.3) is 0 Å². The summed E-state index contributed by atoms with van der Waals surface area (Å²) in [4.78, 5) is 26.0. The summed E-state index contributed by atoms with van der Waals surface area (Å²) >= 11 is 2.24. The van der Waals surface area contributed by atoms with Crippen molar-refractivity contribution in [2.75, 3.05) is 25.0 Å². The Bertz CT molecular complexity index is 564. The first-order valence-electron chi connectivity index (χ1n) is 8.18. The van der Waals surface area contributed by atoms with E-state index in [1.807, 2.05) is 24.3 Å². The summed E-state index contributed by atoms with van der Waals surface area (Å²) in [6, 6.07) is 8.06. The van der Waals surface area contributed by atoms with Gasteiger partial charge in [-0.25, -0.2) is 0 Å². The average molecular weight is 427 g/mol. The molecule has 1 aliphatic carbocycles. The van der Waals surface area contributed by atoms with Crippen LogP contribution in [0.3, 0.4) is 0 Å². The maximum Gasteiger partial charge on any atom is 0.238 e. The van der Waals surface area contributed by atoms with E-state index in [9.17, 15) is 9.59 Å². The smallest absolute Gasteiger partial charge is 0.238 e. The van der Waals surface area contributed by atoms with Crippen molar-refractivity contribution in [3.8, 4) is 0 Å². The minimum atomic E-state index is 0.0201. The van der Waals surface area contributed by atoms with Gasteiger partial charge in [0.05, 0.1) is 6.54 Å². The van der Waals surface area contributed by atoms with Gasteiger partial charge in [0.15, 0.2) is 0 Å². The predicted molar refractivity (Wildman–Crippen MR) is 98.1 cm³/mol. The van der Waals surface area contributed by atoms with E-state index >= 15 is 0 Å². The van der Waals surface area contributed by atoms with Gasteiger partial charge in [-0.05, 0) is 72.5 Å². The maximum atomic E-state index is 12.1. The Balaban J connectivity index is 1.38. The van der Waals surface area contributed by atoms with Crippen LogP contribution in [0.5, 0.6) is 0 Å². The Kier molecular flexibility index (Phi) is 5.53. The van der Waals surface area contributed by atoms with E-state index in [0.29, 0.717) is 6.54 Å². The van der Waals surface area contributed by atoms with Crippen LogP contribution in [0.2, 0.25) is 0 Å². The fourth-order valence-electron chi connectivity index (χ4n) is 2.84. The van der Waals surface area contributed by atoms with E-state index in [1.54, 1.807) is 0 Å². The fraction of sp³-hybridized carbons (Fsp3) is 0.529. The summed E-state index contributed by atoms with van der Waals surface area (Å²) in [5.74, 6) is 0.513. The van der Waals surface area contributed by atoms with Crippen LogP contribution in [0.15, 0.2) is 24.3 Å². The molecule has 1 saturated heterocycles. The number of rotatable bonds is 5. The molecule has 6 heteroatoms.